The van der Waals surface area contributed by atoms with Crippen molar-refractivity contribution in [2.45, 2.75) is 6.42 Å². The average Bonchev–Trinajstić information content (AvgIpc) is 3.49. The largest absolute Gasteiger partial charge is 0.457 e. The Morgan fingerprint density at radius 1 is 1.03 bits per heavy atom. The summed E-state index contributed by atoms with van der Waals surface area (Å²) in [6, 6.07) is 16.7. The van der Waals surface area contributed by atoms with Gasteiger partial charge in [0.15, 0.2) is 12.4 Å². The van der Waals surface area contributed by atoms with E-state index in [2.05, 4.69) is 15.9 Å². The molecule has 7 nitrogen and oxygen atoms in total. The molecule has 168 valence electrons. The van der Waals surface area contributed by atoms with Gasteiger partial charge in [-0.05, 0) is 60.0 Å². The molecule has 1 atom stereocenters. The van der Waals surface area contributed by atoms with Crippen LogP contribution < -0.4 is 9.64 Å². The van der Waals surface area contributed by atoms with E-state index >= 15 is 0 Å². The molecule has 2 aromatic carbocycles. The molecule has 0 bridgehead atoms. The zero-order valence-corrected chi connectivity index (χ0v) is 19.6. The van der Waals surface area contributed by atoms with Crippen molar-refractivity contribution < 1.29 is 28.7 Å². The third-order valence-electron chi connectivity index (χ3n) is 5.05. The molecule has 0 radical (unpaired) electrons. The Kier molecular flexibility index (Phi) is 7.00. The summed E-state index contributed by atoms with van der Waals surface area (Å²) in [6.45, 7) is -0.228. The van der Waals surface area contributed by atoms with E-state index in [1.807, 2.05) is 12.1 Å². The monoisotopic (exact) mass is 527 g/mol. The van der Waals surface area contributed by atoms with Crippen LogP contribution in [0.15, 0.2) is 70.5 Å². The topological polar surface area (TPSA) is 90.0 Å². The summed E-state index contributed by atoms with van der Waals surface area (Å²) in [5.41, 5.74) is 1.02. The van der Waals surface area contributed by atoms with E-state index in [1.165, 1.54) is 40.5 Å². The lowest BCUT2D eigenvalue weighted by molar-refractivity contribution is -0.147. The van der Waals surface area contributed by atoms with Crippen molar-refractivity contribution in [3.05, 3.63) is 81.0 Å². The molecule has 0 aliphatic carbocycles. The maximum absolute atomic E-state index is 12.4. The number of carbonyl (C=O) groups excluding carboxylic acids is 4. The Balaban J connectivity index is 1.28. The summed E-state index contributed by atoms with van der Waals surface area (Å²) in [6.07, 6.45) is 0.0351. The third-order valence-corrected chi connectivity index (χ3v) is 6.43. The molecule has 0 N–H and O–H groups in total. The fourth-order valence-corrected chi connectivity index (χ4v) is 4.20. The number of amides is 1. The van der Waals surface area contributed by atoms with Gasteiger partial charge >= 0.3 is 11.9 Å². The predicted molar refractivity (Wildman–Crippen MR) is 126 cm³/mol. The number of carbonyl (C=O) groups is 4. The van der Waals surface area contributed by atoms with Crippen LogP contribution >= 0.6 is 27.3 Å². The van der Waals surface area contributed by atoms with E-state index in [0.717, 1.165) is 4.47 Å². The second-order valence-electron chi connectivity index (χ2n) is 7.30. The molecule has 1 aromatic heterocycles. The van der Waals surface area contributed by atoms with Gasteiger partial charge in [-0.25, -0.2) is 4.79 Å². The number of rotatable bonds is 7. The van der Waals surface area contributed by atoms with Crippen LogP contribution in [0.2, 0.25) is 0 Å². The highest BCUT2D eigenvalue weighted by atomic mass is 79.9. The minimum Gasteiger partial charge on any atom is -0.457 e. The minimum absolute atomic E-state index is 0.0351. The number of esters is 2. The predicted octanol–water partition coefficient (Wildman–Crippen LogP) is 4.51. The first-order valence-corrected chi connectivity index (χ1v) is 11.7. The molecule has 3 aromatic rings. The van der Waals surface area contributed by atoms with E-state index in [9.17, 15) is 19.2 Å². The first-order valence-electron chi connectivity index (χ1n) is 10.0. The van der Waals surface area contributed by atoms with Gasteiger partial charge in [-0.3, -0.25) is 14.4 Å². The van der Waals surface area contributed by atoms with Crippen LogP contribution in [0.25, 0.3) is 0 Å². The van der Waals surface area contributed by atoms with E-state index in [1.54, 1.807) is 29.6 Å². The van der Waals surface area contributed by atoms with Gasteiger partial charge in [0.25, 0.3) is 0 Å². The summed E-state index contributed by atoms with van der Waals surface area (Å²) in [7, 11) is 0. The lowest BCUT2D eigenvalue weighted by atomic mass is 10.1. The fraction of sp³-hybridized carbons (Fsp3) is 0.167. The maximum Gasteiger partial charge on any atom is 0.353 e. The van der Waals surface area contributed by atoms with Gasteiger partial charge in [0.05, 0.1) is 5.92 Å². The van der Waals surface area contributed by atoms with E-state index in [4.69, 9.17) is 9.47 Å². The lowest BCUT2D eigenvalue weighted by Gasteiger charge is -2.16. The minimum atomic E-state index is -0.631. The molecule has 4 rings (SSSR count). The molecule has 0 unspecified atom stereocenters. The quantitative estimate of drug-likeness (QED) is 0.255. The van der Waals surface area contributed by atoms with Crippen molar-refractivity contribution in [2.75, 3.05) is 18.1 Å². The van der Waals surface area contributed by atoms with Gasteiger partial charge in [0, 0.05) is 28.7 Å². The molecule has 1 fully saturated rings. The smallest absolute Gasteiger partial charge is 0.353 e. The third kappa shape index (κ3) is 5.55. The first kappa shape index (κ1) is 22.9. The SMILES string of the molecule is O=C(COC(=O)[C@@H]1CC(=O)N(c2ccc(Br)cc2)C1)c1ccc(OC(=O)c2cccs2)cc1. The average molecular weight is 528 g/mol. The van der Waals surface area contributed by atoms with Gasteiger partial charge in [0.1, 0.15) is 10.6 Å². The summed E-state index contributed by atoms with van der Waals surface area (Å²) in [5, 5.41) is 1.78. The van der Waals surface area contributed by atoms with Crippen molar-refractivity contribution in [3.8, 4) is 5.75 Å². The Morgan fingerprint density at radius 2 is 1.76 bits per heavy atom. The molecule has 0 saturated carbocycles. The van der Waals surface area contributed by atoms with Crippen molar-refractivity contribution in [2.24, 2.45) is 5.92 Å². The Labute approximate surface area is 202 Å². The van der Waals surface area contributed by atoms with Gasteiger partial charge < -0.3 is 14.4 Å². The zero-order valence-electron chi connectivity index (χ0n) is 17.2. The van der Waals surface area contributed by atoms with E-state index in [-0.39, 0.29) is 18.9 Å². The van der Waals surface area contributed by atoms with Crippen LogP contribution in [0, 0.1) is 5.92 Å². The van der Waals surface area contributed by atoms with Crippen LogP contribution in [-0.4, -0.2) is 36.8 Å². The van der Waals surface area contributed by atoms with E-state index < -0.39 is 30.2 Å². The number of halogens is 1. The molecule has 1 aliphatic rings. The number of anilines is 1. The highest BCUT2D eigenvalue weighted by molar-refractivity contribution is 9.10. The lowest BCUT2D eigenvalue weighted by Crippen LogP contribution is -2.27. The van der Waals surface area contributed by atoms with Crippen LogP contribution in [0.5, 0.6) is 5.75 Å². The second-order valence-corrected chi connectivity index (χ2v) is 9.17. The zero-order chi connectivity index (χ0) is 23.4. The van der Waals surface area contributed by atoms with Crippen LogP contribution in [0.3, 0.4) is 0 Å². The highest BCUT2D eigenvalue weighted by Gasteiger charge is 2.36. The second kappa shape index (κ2) is 10.1. The molecule has 2 heterocycles. The molecule has 1 aliphatic heterocycles. The Hall–Kier alpha value is -3.30. The Bertz CT molecular complexity index is 1170. The highest BCUT2D eigenvalue weighted by Crippen LogP contribution is 2.27. The van der Waals surface area contributed by atoms with Gasteiger partial charge in [0.2, 0.25) is 5.91 Å². The van der Waals surface area contributed by atoms with Crippen LogP contribution in [-0.2, 0) is 14.3 Å². The van der Waals surface area contributed by atoms with Gasteiger partial charge in [-0.2, -0.15) is 0 Å². The molecule has 1 amide bonds. The number of thiophene rings is 1. The first-order chi connectivity index (χ1) is 15.9. The van der Waals surface area contributed by atoms with Gasteiger partial charge in [-0.15, -0.1) is 11.3 Å². The van der Waals surface area contributed by atoms with Crippen LogP contribution in [0.1, 0.15) is 26.5 Å². The summed E-state index contributed by atoms with van der Waals surface area (Å²) in [4.78, 5) is 51.2. The number of benzene rings is 2. The Morgan fingerprint density at radius 3 is 2.42 bits per heavy atom. The fourth-order valence-electron chi connectivity index (χ4n) is 3.33. The number of hydrogen-bond acceptors (Lipinski definition) is 7. The number of nitrogens with zero attached hydrogens (tertiary/aromatic N) is 1. The summed E-state index contributed by atoms with van der Waals surface area (Å²) >= 11 is 4.62. The molecular formula is C24H18BrNO6S. The molecule has 1 saturated heterocycles. The molecular weight excluding hydrogens is 510 g/mol. The molecule has 0 spiro atoms. The van der Waals surface area contributed by atoms with E-state index in [0.29, 0.717) is 21.9 Å². The number of ketones is 1. The molecule has 33 heavy (non-hydrogen) atoms. The maximum atomic E-state index is 12.4. The van der Waals surface area contributed by atoms with Crippen molar-refractivity contribution >= 4 is 56.6 Å². The van der Waals surface area contributed by atoms with Crippen molar-refractivity contribution in [1.82, 2.24) is 0 Å². The number of hydrogen-bond donors (Lipinski definition) is 0. The molecule has 9 heteroatoms. The standard InChI is InChI=1S/C24H18BrNO6S/c25-17-5-7-18(8-6-17)26-13-16(12-22(26)28)23(29)31-14-20(27)15-3-9-19(10-4-15)32-24(30)21-2-1-11-33-21/h1-11,16H,12-14H2/t16-/m1/s1. The van der Waals surface area contributed by atoms with Crippen LogP contribution in [0.4, 0.5) is 5.69 Å². The van der Waals surface area contributed by atoms with Gasteiger partial charge in [-0.1, -0.05) is 22.0 Å². The summed E-state index contributed by atoms with van der Waals surface area (Å²) in [5.74, 6) is -1.95. The van der Waals surface area contributed by atoms with Crippen molar-refractivity contribution in [1.29, 1.82) is 0 Å². The number of Topliss-reactive ketones (excluding diaryl/α,β-unsaturated/α-hetero) is 1. The van der Waals surface area contributed by atoms with Crippen molar-refractivity contribution in [3.63, 3.8) is 0 Å². The number of ether oxygens (including phenoxy) is 2. The summed E-state index contributed by atoms with van der Waals surface area (Å²) < 4.78 is 11.3. The normalized spacial score (nSPS) is 15.4.